The van der Waals surface area contributed by atoms with Gasteiger partial charge in [0.2, 0.25) is 0 Å². The smallest absolute Gasteiger partial charge is 0.433 e. The van der Waals surface area contributed by atoms with Crippen LogP contribution in [0.5, 0.6) is 5.75 Å². The van der Waals surface area contributed by atoms with Crippen molar-refractivity contribution in [3.8, 4) is 17.0 Å². The van der Waals surface area contributed by atoms with Crippen LogP contribution in [0.15, 0.2) is 48.8 Å². The minimum Gasteiger partial charge on any atom is -0.497 e. The lowest BCUT2D eigenvalue weighted by Crippen LogP contribution is -2.48. The third-order valence-electron chi connectivity index (χ3n) is 6.15. The van der Waals surface area contributed by atoms with E-state index in [1.165, 1.54) is 13.2 Å². The van der Waals surface area contributed by atoms with Gasteiger partial charge in [-0.2, -0.15) is 23.4 Å². The lowest BCUT2D eigenvalue weighted by molar-refractivity contribution is -0.142. The lowest BCUT2D eigenvalue weighted by Gasteiger charge is -2.34. The van der Waals surface area contributed by atoms with E-state index in [0.717, 1.165) is 18.2 Å². The molecule has 0 unspecified atom stereocenters. The molecular weight excluding hydrogens is 475 g/mol. The number of rotatable bonds is 5. The molecule has 1 amide bonds. The van der Waals surface area contributed by atoms with Gasteiger partial charge in [0.25, 0.3) is 5.91 Å². The number of hydrogen-bond acceptors (Lipinski definition) is 6. The quantitative estimate of drug-likeness (QED) is 0.420. The van der Waals surface area contributed by atoms with Crippen molar-refractivity contribution in [2.75, 3.05) is 33.3 Å². The number of ether oxygens (including phenoxy) is 1. The number of benzene rings is 1. The van der Waals surface area contributed by atoms with Crippen LogP contribution in [-0.2, 0) is 19.8 Å². The van der Waals surface area contributed by atoms with Crippen molar-refractivity contribution in [3.63, 3.8) is 0 Å². The Bertz CT molecular complexity index is 1390. The number of hydrogen-bond donors (Lipinski definition) is 0. The van der Waals surface area contributed by atoms with E-state index in [1.54, 1.807) is 40.0 Å². The zero-order valence-electron chi connectivity index (χ0n) is 19.7. The Morgan fingerprint density at radius 2 is 1.81 bits per heavy atom. The van der Waals surface area contributed by atoms with Gasteiger partial charge >= 0.3 is 6.18 Å². The average molecular weight is 499 g/mol. The fourth-order valence-electron chi connectivity index (χ4n) is 4.27. The Labute approximate surface area is 204 Å². The number of fused-ring (bicyclic) bond motifs is 1. The van der Waals surface area contributed by atoms with E-state index < -0.39 is 17.8 Å². The van der Waals surface area contributed by atoms with Gasteiger partial charge in [-0.1, -0.05) is 0 Å². The van der Waals surface area contributed by atoms with Gasteiger partial charge in [0.15, 0.2) is 17.0 Å². The summed E-state index contributed by atoms with van der Waals surface area (Å²) >= 11 is 0. The van der Waals surface area contributed by atoms with E-state index in [4.69, 9.17) is 4.74 Å². The molecule has 1 aromatic carbocycles. The molecule has 1 fully saturated rings. The topological polar surface area (TPSA) is 80.8 Å². The van der Waals surface area contributed by atoms with E-state index in [1.807, 2.05) is 13.2 Å². The Balaban J connectivity index is 1.38. The van der Waals surface area contributed by atoms with Gasteiger partial charge in [-0.3, -0.25) is 14.4 Å². The maximum atomic E-state index is 13.9. The highest BCUT2D eigenvalue weighted by Gasteiger charge is 2.36. The number of aryl methyl sites for hydroxylation is 1. The van der Waals surface area contributed by atoms with Gasteiger partial charge in [-0.25, -0.2) is 9.50 Å². The summed E-state index contributed by atoms with van der Waals surface area (Å²) in [5, 5.41) is 8.17. The molecule has 9 nitrogen and oxygen atoms in total. The van der Waals surface area contributed by atoms with E-state index in [-0.39, 0.29) is 17.0 Å². The summed E-state index contributed by atoms with van der Waals surface area (Å²) in [6.45, 7) is 2.90. The molecule has 0 atom stereocenters. The largest absolute Gasteiger partial charge is 0.497 e. The molecule has 3 aromatic heterocycles. The van der Waals surface area contributed by atoms with Crippen LogP contribution in [-0.4, -0.2) is 73.4 Å². The van der Waals surface area contributed by atoms with Gasteiger partial charge in [-0.15, -0.1) is 0 Å². The Hall–Kier alpha value is -3.93. The van der Waals surface area contributed by atoms with Gasteiger partial charge in [0.05, 0.1) is 19.0 Å². The third kappa shape index (κ3) is 4.76. The van der Waals surface area contributed by atoms with E-state index >= 15 is 0 Å². The van der Waals surface area contributed by atoms with Crippen LogP contribution in [0.4, 0.5) is 13.2 Å². The van der Waals surface area contributed by atoms with Gasteiger partial charge in [-0.05, 0) is 30.3 Å². The number of piperazine rings is 1. The molecule has 0 radical (unpaired) electrons. The van der Waals surface area contributed by atoms with E-state index in [0.29, 0.717) is 42.0 Å². The summed E-state index contributed by atoms with van der Waals surface area (Å²) in [4.78, 5) is 21.3. The van der Waals surface area contributed by atoms with Gasteiger partial charge in [0.1, 0.15) is 5.75 Å². The number of methoxy groups -OCH3 is 1. The summed E-state index contributed by atoms with van der Waals surface area (Å²) in [6.07, 6.45) is -0.939. The molecular formula is C24H24F3N7O2. The average Bonchev–Trinajstić information content (AvgIpc) is 3.48. The SMILES string of the molecule is COc1ccc(-c2cc(C(F)(F)F)n3nc(C(=O)N4CCN(Cc5cnn(C)c5)CC4)cc3n2)cc1. The van der Waals surface area contributed by atoms with Gasteiger partial charge in [0, 0.05) is 63.2 Å². The van der Waals surface area contributed by atoms with Crippen molar-refractivity contribution >= 4 is 11.6 Å². The molecule has 0 bridgehead atoms. The standard InChI is InChI=1S/C24H24F3N7O2/c1-31-14-16(13-28-31)15-32-7-9-33(10-8-32)23(35)20-12-22-29-19(17-3-5-18(36-2)6-4-17)11-21(24(25,26)27)34(22)30-20/h3-6,11-14H,7-10,15H2,1-2H3. The highest BCUT2D eigenvalue weighted by atomic mass is 19.4. The first-order valence-electron chi connectivity index (χ1n) is 11.3. The number of halogens is 3. The number of nitrogens with zero attached hydrogens (tertiary/aromatic N) is 7. The zero-order chi connectivity index (χ0) is 25.4. The maximum Gasteiger partial charge on any atom is 0.433 e. The second kappa shape index (κ2) is 9.26. The fourth-order valence-corrected chi connectivity index (χ4v) is 4.27. The first kappa shape index (κ1) is 23.8. The van der Waals surface area contributed by atoms with Crippen molar-refractivity contribution < 1.29 is 22.7 Å². The first-order valence-corrected chi connectivity index (χ1v) is 11.3. The molecule has 188 valence electrons. The summed E-state index contributed by atoms with van der Waals surface area (Å²) < 4.78 is 49.3. The molecule has 1 aliphatic rings. The second-order valence-electron chi connectivity index (χ2n) is 8.64. The van der Waals surface area contributed by atoms with Crippen molar-refractivity contribution in [2.24, 2.45) is 7.05 Å². The minimum atomic E-state index is -4.69. The number of aromatic nitrogens is 5. The second-order valence-corrected chi connectivity index (χ2v) is 8.64. The summed E-state index contributed by atoms with van der Waals surface area (Å²) in [5.74, 6) is 0.161. The molecule has 36 heavy (non-hydrogen) atoms. The molecule has 0 spiro atoms. The third-order valence-corrected chi connectivity index (χ3v) is 6.15. The van der Waals surface area contributed by atoms with Crippen molar-refractivity contribution in [1.29, 1.82) is 0 Å². The molecule has 4 heterocycles. The molecule has 1 aliphatic heterocycles. The minimum absolute atomic E-state index is 0.0470. The molecule has 4 aromatic rings. The van der Waals surface area contributed by atoms with Crippen LogP contribution in [0, 0.1) is 0 Å². The van der Waals surface area contributed by atoms with Crippen LogP contribution in [0.3, 0.4) is 0 Å². The maximum absolute atomic E-state index is 13.9. The van der Waals surface area contributed by atoms with Crippen LogP contribution in [0.2, 0.25) is 0 Å². The van der Waals surface area contributed by atoms with Crippen molar-refractivity contribution in [2.45, 2.75) is 12.7 Å². The summed E-state index contributed by atoms with van der Waals surface area (Å²) in [7, 11) is 3.36. The number of carbonyl (C=O) groups is 1. The summed E-state index contributed by atoms with van der Waals surface area (Å²) in [6, 6.07) is 8.80. The highest BCUT2D eigenvalue weighted by molar-refractivity contribution is 5.93. The van der Waals surface area contributed by atoms with E-state index in [2.05, 4.69) is 20.1 Å². The number of alkyl halides is 3. The molecule has 5 rings (SSSR count). The summed E-state index contributed by atoms with van der Waals surface area (Å²) in [5.41, 5.74) is 0.576. The number of carbonyl (C=O) groups excluding carboxylic acids is 1. The normalized spacial score (nSPS) is 15.0. The van der Waals surface area contributed by atoms with Crippen LogP contribution < -0.4 is 4.74 Å². The molecule has 12 heteroatoms. The fraction of sp³-hybridized carbons (Fsp3) is 0.333. The van der Waals surface area contributed by atoms with Crippen LogP contribution in [0.1, 0.15) is 21.7 Å². The Morgan fingerprint density at radius 1 is 1.08 bits per heavy atom. The monoisotopic (exact) mass is 499 g/mol. The molecule has 0 saturated carbocycles. The molecule has 1 saturated heterocycles. The van der Waals surface area contributed by atoms with Crippen molar-refractivity contribution in [1.82, 2.24) is 34.2 Å². The number of amides is 1. The van der Waals surface area contributed by atoms with Crippen molar-refractivity contribution in [3.05, 3.63) is 65.7 Å². The predicted octanol–water partition coefficient (Wildman–Crippen LogP) is 3.12. The lowest BCUT2D eigenvalue weighted by atomic mass is 10.1. The first-order chi connectivity index (χ1) is 17.2. The van der Waals surface area contributed by atoms with E-state index in [9.17, 15) is 18.0 Å². The van der Waals surface area contributed by atoms with Gasteiger partial charge < -0.3 is 9.64 Å². The van der Waals surface area contributed by atoms with Crippen LogP contribution >= 0.6 is 0 Å². The Kier molecular flexibility index (Phi) is 6.12. The molecule has 0 aliphatic carbocycles. The highest BCUT2D eigenvalue weighted by Crippen LogP contribution is 2.33. The zero-order valence-corrected chi connectivity index (χ0v) is 19.7. The molecule has 0 N–H and O–H groups in total. The Morgan fingerprint density at radius 3 is 2.42 bits per heavy atom. The van der Waals surface area contributed by atoms with Crippen LogP contribution in [0.25, 0.3) is 16.9 Å². The predicted molar refractivity (Wildman–Crippen MR) is 124 cm³/mol.